The van der Waals surface area contributed by atoms with Crippen LogP contribution in [0.5, 0.6) is 0 Å². The Hall–Kier alpha value is -1.16. The Morgan fingerprint density at radius 3 is 2.59 bits per heavy atom. The molecule has 0 saturated heterocycles. The summed E-state index contributed by atoms with van der Waals surface area (Å²) in [6.07, 6.45) is 3.89. The Bertz CT molecular complexity index is 610. The van der Waals surface area contributed by atoms with Crippen molar-refractivity contribution in [1.82, 2.24) is 9.88 Å². The van der Waals surface area contributed by atoms with Gasteiger partial charge in [0.1, 0.15) is 0 Å². The quantitative estimate of drug-likeness (QED) is 0.822. The molecule has 0 fully saturated rings. The molecule has 0 amide bonds. The van der Waals surface area contributed by atoms with Crippen LogP contribution in [-0.2, 0) is 0 Å². The third kappa shape index (κ3) is 3.97. The van der Waals surface area contributed by atoms with Gasteiger partial charge in [-0.25, -0.2) is 0 Å². The van der Waals surface area contributed by atoms with Gasteiger partial charge in [0.05, 0.1) is 5.52 Å². The molecule has 1 aromatic carbocycles. The number of aromatic nitrogens is 1. The summed E-state index contributed by atoms with van der Waals surface area (Å²) in [5.41, 5.74) is 8.53. The molecule has 1 heterocycles. The average Bonchev–Trinajstić information content (AvgIpc) is 2.52. The third-order valence-electron chi connectivity index (χ3n) is 4.47. The molecular weight excluding hydrogens is 294 g/mol. The average molecular weight is 320 g/mol. The Morgan fingerprint density at radius 2 is 1.91 bits per heavy atom. The van der Waals surface area contributed by atoms with E-state index in [-0.39, 0.29) is 6.04 Å². The highest BCUT2D eigenvalue weighted by Gasteiger charge is 2.15. The van der Waals surface area contributed by atoms with Crippen LogP contribution in [0, 0.1) is 0 Å². The number of hydrogen-bond donors (Lipinski definition) is 1. The maximum absolute atomic E-state index is 6.45. The lowest BCUT2D eigenvalue weighted by atomic mass is 9.97. The predicted molar refractivity (Wildman–Crippen MR) is 95.3 cm³/mol. The molecule has 2 rings (SSSR count). The first kappa shape index (κ1) is 17.2. The predicted octanol–water partition coefficient (Wildman–Crippen LogP) is 4.40. The summed E-state index contributed by atoms with van der Waals surface area (Å²) in [5, 5.41) is 1.82. The number of nitrogens with zero attached hydrogens (tertiary/aromatic N) is 2. The maximum atomic E-state index is 6.45. The fourth-order valence-corrected chi connectivity index (χ4v) is 3.24. The zero-order chi connectivity index (χ0) is 16.1. The van der Waals surface area contributed by atoms with Crippen molar-refractivity contribution >= 4 is 22.5 Å². The summed E-state index contributed by atoms with van der Waals surface area (Å²) in [6.45, 7) is 8.87. The van der Waals surface area contributed by atoms with Gasteiger partial charge in [0.25, 0.3) is 0 Å². The van der Waals surface area contributed by atoms with Crippen LogP contribution in [0.4, 0.5) is 0 Å². The van der Waals surface area contributed by atoms with Crippen LogP contribution in [0.2, 0.25) is 5.02 Å². The molecular formula is C18H26ClN3. The van der Waals surface area contributed by atoms with Gasteiger partial charge in [-0.15, -0.1) is 0 Å². The summed E-state index contributed by atoms with van der Waals surface area (Å²) >= 11 is 6.04. The van der Waals surface area contributed by atoms with Crippen LogP contribution >= 0.6 is 11.6 Å². The molecule has 4 heteroatoms. The molecule has 0 aliphatic rings. The standard InChI is InChI=1S/C18H26ClN3/c1-4-22(5-2)13(3)6-9-17(20)15-10-11-21-18-12-14(19)7-8-16(15)18/h7-8,10-13,17H,4-6,9,20H2,1-3H3. The minimum absolute atomic E-state index is 0.0321. The van der Waals surface area contributed by atoms with E-state index in [1.165, 1.54) is 0 Å². The van der Waals surface area contributed by atoms with Gasteiger partial charge in [-0.3, -0.25) is 4.98 Å². The molecule has 3 nitrogen and oxygen atoms in total. The molecule has 0 aliphatic heterocycles. The van der Waals surface area contributed by atoms with Crippen molar-refractivity contribution < 1.29 is 0 Å². The normalized spacial score (nSPS) is 14.5. The molecule has 2 aromatic rings. The van der Waals surface area contributed by atoms with Crippen molar-refractivity contribution in [2.75, 3.05) is 13.1 Å². The van der Waals surface area contributed by atoms with Gasteiger partial charge in [0.2, 0.25) is 0 Å². The smallest absolute Gasteiger partial charge is 0.0720 e. The van der Waals surface area contributed by atoms with E-state index in [0.29, 0.717) is 11.1 Å². The lowest BCUT2D eigenvalue weighted by Crippen LogP contribution is -2.33. The van der Waals surface area contributed by atoms with Crippen LogP contribution in [0.15, 0.2) is 30.5 Å². The lowest BCUT2D eigenvalue weighted by Gasteiger charge is -2.27. The van der Waals surface area contributed by atoms with E-state index in [4.69, 9.17) is 17.3 Å². The first-order valence-corrected chi connectivity index (χ1v) is 8.48. The van der Waals surface area contributed by atoms with Gasteiger partial charge in [-0.05, 0) is 56.6 Å². The third-order valence-corrected chi connectivity index (χ3v) is 4.70. The van der Waals surface area contributed by atoms with Crippen LogP contribution in [0.3, 0.4) is 0 Å². The molecule has 0 saturated carbocycles. The molecule has 1 aromatic heterocycles. The Labute approximate surface area is 138 Å². The van der Waals surface area contributed by atoms with E-state index in [9.17, 15) is 0 Å². The maximum Gasteiger partial charge on any atom is 0.0720 e. The van der Waals surface area contributed by atoms with E-state index < -0.39 is 0 Å². The highest BCUT2D eigenvalue weighted by atomic mass is 35.5. The second-order valence-electron chi connectivity index (χ2n) is 5.82. The number of halogens is 1. The lowest BCUT2D eigenvalue weighted by molar-refractivity contribution is 0.215. The second kappa shape index (κ2) is 7.91. The van der Waals surface area contributed by atoms with Crippen molar-refractivity contribution in [2.24, 2.45) is 5.73 Å². The summed E-state index contributed by atoms with van der Waals surface area (Å²) < 4.78 is 0. The molecule has 0 spiro atoms. The van der Waals surface area contributed by atoms with Gasteiger partial charge in [0, 0.05) is 28.7 Å². The van der Waals surface area contributed by atoms with Crippen molar-refractivity contribution in [2.45, 2.75) is 45.7 Å². The first-order chi connectivity index (χ1) is 10.6. The monoisotopic (exact) mass is 319 g/mol. The zero-order valence-corrected chi connectivity index (χ0v) is 14.5. The van der Waals surface area contributed by atoms with E-state index in [2.05, 4.69) is 30.7 Å². The van der Waals surface area contributed by atoms with Gasteiger partial charge in [0.15, 0.2) is 0 Å². The van der Waals surface area contributed by atoms with E-state index >= 15 is 0 Å². The molecule has 2 unspecified atom stereocenters. The van der Waals surface area contributed by atoms with Crippen LogP contribution in [0.1, 0.15) is 45.2 Å². The van der Waals surface area contributed by atoms with Crippen molar-refractivity contribution in [1.29, 1.82) is 0 Å². The fourth-order valence-electron chi connectivity index (χ4n) is 3.07. The minimum atomic E-state index is 0.0321. The van der Waals surface area contributed by atoms with Crippen molar-refractivity contribution in [3.05, 3.63) is 41.0 Å². The summed E-state index contributed by atoms with van der Waals surface area (Å²) in [5.74, 6) is 0. The highest BCUT2D eigenvalue weighted by molar-refractivity contribution is 6.31. The number of nitrogens with two attached hydrogens (primary N) is 1. The number of hydrogen-bond acceptors (Lipinski definition) is 3. The number of fused-ring (bicyclic) bond motifs is 1. The van der Waals surface area contributed by atoms with Gasteiger partial charge in [-0.1, -0.05) is 31.5 Å². The van der Waals surface area contributed by atoms with E-state index in [0.717, 1.165) is 42.4 Å². The fraction of sp³-hybridized carbons (Fsp3) is 0.500. The molecule has 0 bridgehead atoms. The molecule has 0 radical (unpaired) electrons. The molecule has 0 aliphatic carbocycles. The Morgan fingerprint density at radius 1 is 1.18 bits per heavy atom. The SMILES string of the molecule is CCN(CC)C(C)CCC(N)c1ccnc2cc(Cl)ccc12. The molecule has 22 heavy (non-hydrogen) atoms. The summed E-state index contributed by atoms with van der Waals surface area (Å²) in [7, 11) is 0. The zero-order valence-electron chi connectivity index (χ0n) is 13.7. The van der Waals surface area contributed by atoms with Gasteiger partial charge < -0.3 is 10.6 Å². The molecule has 2 N–H and O–H groups in total. The largest absolute Gasteiger partial charge is 0.324 e. The topological polar surface area (TPSA) is 42.1 Å². The van der Waals surface area contributed by atoms with Gasteiger partial charge in [-0.2, -0.15) is 0 Å². The van der Waals surface area contributed by atoms with Crippen molar-refractivity contribution in [3.8, 4) is 0 Å². The van der Waals surface area contributed by atoms with Crippen LogP contribution in [-0.4, -0.2) is 29.0 Å². The summed E-state index contributed by atoms with van der Waals surface area (Å²) in [4.78, 5) is 6.86. The number of rotatable bonds is 7. The highest BCUT2D eigenvalue weighted by Crippen LogP contribution is 2.27. The Balaban J connectivity index is 2.11. The summed E-state index contributed by atoms with van der Waals surface area (Å²) in [6, 6.07) is 8.44. The second-order valence-corrected chi connectivity index (χ2v) is 6.25. The van der Waals surface area contributed by atoms with Gasteiger partial charge >= 0.3 is 0 Å². The van der Waals surface area contributed by atoms with Crippen LogP contribution < -0.4 is 5.73 Å². The molecule has 120 valence electrons. The molecule has 2 atom stereocenters. The number of pyridine rings is 1. The van der Waals surface area contributed by atoms with E-state index in [1.807, 2.05) is 30.5 Å². The number of benzene rings is 1. The first-order valence-electron chi connectivity index (χ1n) is 8.10. The Kier molecular flexibility index (Phi) is 6.18. The van der Waals surface area contributed by atoms with E-state index in [1.54, 1.807) is 0 Å². The minimum Gasteiger partial charge on any atom is -0.324 e. The van der Waals surface area contributed by atoms with Crippen LogP contribution in [0.25, 0.3) is 10.9 Å². The van der Waals surface area contributed by atoms with Crippen molar-refractivity contribution in [3.63, 3.8) is 0 Å².